The molecule has 1 aromatic carbocycles. The smallest absolute Gasteiger partial charge is 0.230 e. The lowest BCUT2D eigenvalue weighted by Gasteiger charge is -2.06. The first-order valence-electron chi connectivity index (χ1n) is 7.73. The number of carbonyl (C=O) groups is 1. The van der Waals surface area contributed by atoms with Crippen molar-refractivity contribution in [2.75, 3.05) is 18.4 Å². The van der Waals surface area contributed by atoms with Gasteiger partial charge in [0.25, 0.3) is 0 Å². The Kier molecular flexibility index (Phi) is 4.55. The molecule has 116 valence electrons. The first kappa shape index (κ1) is 15.2. The number of nitrogens with zero attached hydrogens (tertiary/aromatic N) is 1. The largest absolute Gasteiger partial charge is 0.316 e. The lowest BCUT2D eigenvalue weighted by molar-refractivity contribution is -0.119. The van der Waals surface area contributed by atoms with Crippen molar-refractivity contribution in [2.24, 2.45) is 5.92 Å². The number of rotatable bonds is 4. The van der Waals surface area contributed by atoms with Crippen LogP contribution in [0.25, 0.3) is 11.3 Å². The molecule has 1 saturated heterocycles. The quantitative estimate of drug-likeness (QED) is 0.908. The molecule has 3 rings (SSSR count). The van der Waals surface area contributed by atoms with E-state index in [1.54, 1.807) is 11.3 Å². The Morgan fingerprint density at radius 1 is 1.36 bits per heavy atom. The molecule has 0 saturated carbocycles. The molecule has 2 aromatic rings. The van der Waals surface area contributed by atoms with Gasteiger partial charge in [0.2, 0.25) is 5.91 Å². The van der Waals surface area contributed by atoms with Gasteiger partial charge >= 0.3 is 0 Å². The normalized spacial score (nSPS) is 17.9. The fourth-order valence-electron chi connectivity index (χ4n) is 2.67. The second-order valence-corrected chi connectivity index (χ2v) is 6.96. The number of anilines is 1. The molecule has 1 unspecified atom stereocenters. The minimum atomic E-state index is 0.0616. The number of carbonyl (C=O) groups excluding carboxylic acids is 1. The van der Waals surface area contributed by atoms with Crippen LogP contribution >= 0.6 is 11.3 Å². The number of amides is 1. The monoisotopic (exact) mass is 315 g/mol. The van der Waals surface area contributed by atoms with Crippen LogP contribution in [0.4, 0.5) is 5.13 Å². The predicted molar refractivity (Wildman–Crippen MR) is 91.2 cm³/mol. The van der Waals surface area contributed by atoms with Crippen LogP contribution < -0.4 is 10.6 Å². The van der Waals surface area contributed by atoms with Gasteiger partial charge in [-0.1, -0.05) is 44.2 Å². The van der Waals surface area contributed by atoms with Crippen LogP contribution in [-0.2, 0) is 4.79 Å². The van der Waals surface area contributed by atoms with Gasteiger partial charge in [-0.3, -0.25) is 4.79 Å². The van der Waals surface area contributed by atoms with Crippen molar-refractivity contribution in [3.63, 3.8) is 0 Å². The third-order valence-electron chi connectivity index (χ3n) is 3.89. The summed E-state index contributed by atoms with van der Waals surface area (Å²) in [6.07, 6.45) is 0.903. The first-order chi connectivity index (χ1) is 10.6. The summed E-state index contributed by atoms with van der Waals surface area (Å²) in [6, 6.07) is 10.2. The predicted octanol–water partition coefficient (Wildman–Crippen LogP) is 3.48. The van der Waals surface area contributed by atoms with Crippen molar-refractivity contribution >= 4 is 22.4 Å². The van der Waals surface area contributed by atoms with Gasteiger partial charge in [-0.05, 0) is 18.9 Å². The Morgan fingerprint density at radius 3 is 2.77 bits per heavy atom. The molecule has 1 aliphatic rings. The summed E-state index contributed by atoms with van der Waals surface area (Å²) in [5.74, 6) is 0.520. The highest BCUT2D eigenvalue weighted by Crippen LogP contribution is 2.36. The van der Waals surface area contributed by atoms with E-state index in [9.17, 15) is 4.79 Å². The van der Waals surface area contributed by atoms with Crippen LogP contribution in [0.3, 0.4) is 0 Å². The van der Waals surface area contributed by atoms with Gasteiger partial charge in [0.1, 0.15) is 0 Å². The molecule has 1 atom stereocenters. The highest BCUT2D eigenvalue weighted by molar-refractivity contribution is 7.16. The molecule has 1 fully saturated rings. The van der Waals surface area contributed by atoms with Crippen molar-refractivity contribution in [3.05, 3.63) is 35.2 Å². The molecule has 0 bridgehead atoms. The maximum absolute atomic E-state index is 12.3. The number of thiazole rings is 1. The van der Waals surface area contributed by atoms with Crippen molar-refractivity contribution in [1.82, 2.24) is 10.3 Å². The second kappa shape index (κ2) is 6.58. The molecule has 5 heteroatoms. The zero-order valence-electron chi connectivity index (χ0n) is 12.9. The van der Waals surface area contributed by atoms with Gasteiger partial charge in [-0.15, -0.1) is 11.3 Å². The van der Waals surface area contributed by atoms with Gasteiger partial charge in [-0.25, -0.2) is 4.98 Å². The first-order valence-corrected chi connectivity index (χ1v) is 8.54. The van der Waals surface area contributed by atoms with E-state index in [2.05, 4.69) is 41.6 Å². The standard InChI is InChI=1S/C17H21N3OS/c1-11(2)15-14(12-6-4-3-5-7-12)19-17(22-15)20-16(21)13-8-9-18-10-13/h3-7,11,13,18H,8-10H2,1-2H3,(H,19,20,21). The summed E-state index contributed by atoms with van der Waals surface area (Å²) >= 11 is 1.59. The molecule has 1 amide bonds. The van der Waals surface area contributed by atoms with Crippen LogP contribution in [0, 0.1) is 5.92 Å². The lowest BCUT2D eigenvalue weighted by Crippen LogP contribution is -2.24. The number of benzene rings is 1. The van der Waals surface area contributed by atoms with Gasteiger partial charge in [-0.2, -0.15) is 0 Å². The Morgan fingerprint density at radius 2 is 2.14 bits per heavy atom. The average molecular weight is 315 g/mol. The molecular formula is C17H21N3OS. The Balaban J connectivity index is 1.85. The van der Waals surface area contributed by atoms with Crippen LogP contribution in [0.2, 0.25) is 0 Å². The molecule has 4 nitrogen and oxygen atoms in total. The van der Waals surface area contributed by atoms with Crippen molar-refractivity contribution in [1.29, 1.82) is 0 Å². The van der Waals surface area contributed by atoms with E-state index in [4.69, 9.17) is 0 Å². The fourth-order valence-corrected chi connectivity index (χ4v) is 3.66. The maximum atomic E-state index is 12.3. The lowest BCUT2D eigenvalue weighted by atomic mass is 10.1. The number of hydrogen-bond acceptors (Lipinski definition) is 4. The fraction of sp³-hybridized carbons (Fsp3) is 0.412. The van der Waals surface area contributed by atoms with E-state index in [-0.39, 0.29) is 11.8 Å². The Bertz CT molecular complexity index is 645. The zero-order chi connectivity index (χ0) is 15.5. The van der Waals surface area contributed by atoms with Crippen LogP contribution in [0.15, 0.2) is 30.3 Å². The zero-order valence-corrected chi connectivity index (χ0v) is 13.7. The topological polar surface area (TPSA) is 54.0 Å². The summed E-state index contributed by atoms with van der Waals surface area (Å²) in [7, 11) is 0. The molecule has 0 aliphatic carbocycles. The average Bonchev–Trinajstić information content (AvgIpc) is 3.17. The minimum absolute atomic E-state index is 0.0616. The highest BCUT2D eigenvalue weighted by Gasteiger charge is 2.24. The third-order valence-corrected chi connectivity index (χ3v) is 5.16. The van der Waals surface area contributed by atoms with Gasteiger partial charge in [0.15, 0.2) is 5.13 Å². The summed E-state index contributed by atoms with van der Waals surface area (Å²) in [4.78, 5) is 18.2. The number of aromatic nitrogens is 1. The second-order valence-electron chi connectivity index (χ2n) is 5.93. The number of nitrogens with one attached hydrogen (secondary N) is 2. The van der Waals surface area contributed by atoms with Crippen LogP contribution in [-0.4, -0.2) is 24.0 Å². The minimum Gasteiger partial charge on any atom is -0.316 e. The van der Waals surface area contributed by atoms with Crippen LogP contribution in [0.5, 0.6) is 0 Å². The molecule has 0 spiro atoms. The van der Waals surface area contributed by atoms with Crippen molar-refractivity contribution < 1.29 is 4.79 Å². The summed E-state index contributed by atoms with van der Waals surface area (Å²) in [6.45, 7) is 6.00. The molecule has 2 heterocycles. The highest BCUT2D eigenvalue weighted by atomic mass is 32.1. The Hall–Kier alpha value is -1.72. The van der Waals surface area contributed by atoms with Gasteiger partial charge in [0, 0.05) is 17.0 Å². The summed E-state index contributed by atoms with van der Waals surface area (Å²) < 4.78 is 0. The van der Waals surface area contributed by atoms with Gasteiger partial charge in [0.05, 0.1) is 11.6 Å². The van der Waals surface area contributed by atoms with E-state index in [1.807, 2.05) is 18.2 Å². The van der Waals surface area contributed by atoms with Crippen LogP contribution in [0.1, 0.15) is 31.1 Å². The Labute approximate surface area is 135 Å². The van der Waals surface area contributed by atoms with Gasteiger partial charge < -0.3 is 10.6 Å². The SMILES string of the molecule is CC(C)c1sc(NC(=O)C2CCNC2)nc1-c1ccccc1. The van der Waals surface area contributed by atoms with E-state index in [0.29, 0.717) is 11.0 Å². The van der Waals surface area contributed by atoms with E-state index < -0.39 is 0 Å². The molecule has 0 radical (unpaired) electrons. The number of hydrogen-bond donors (Lipinski definition) is 2. The molecule has 2 N–H and O–H groups in total. The summed E-state index contributed by atoms with van der Waals surface area (Å²) in [5.41, 5.74) is 2.09. The molecular weight excluding hydrogens is 294 g/mol. The summed E-state index contributed by atoms with van der Waals surface area (Å²) in [5, 5.41) is 6.93. The van der Waals surface area contributed by atoms with Crippen molar-refractivity contribution in [2.45, 2.75) is 26.2 Å². The van der Waals surface area contributed by atoms with E-state index in [0.717, 1.165) is 30.8 Å². The molecule has 1 aromatic heterocycles. The molecule has 1 aliphatic heterocycles. The molecule has 22 heavy (non-hydrogen) atoms. The third kappa shape index (κ3) is 3.20. The van der Waals surface area contributed by atoms with E-state index >= 15 is 0 Å². The maximum Gasteiger partial charge on any atom is 0.230 e. The van der Waals surface area contributed by atoms with E-state index in [1.165, 1.54) is 4.88 Å². The van der Waals surface area contributed by atoms with Crippen molar-refractivity contribution in [3.8, 4) is 11.3 Å².